The summed E-state index contributed by atoms with van der Waals surface area (Å²) in [4.78, 5) is 37.6. The molecule has 2 aromatic rings. The molecule has 0 spiro atoms. The highest BCUT2D eigenvalue weighted by molar-refractivity contribution is 5.89. The zero-order valence-electron chi connectivity index (χ0n) is 28.2. The lowest BCUT2D eigenvalue weighted by Gasteiger charge is -2.29. The van der Waals surface area contributed by atoms with Crippen LogP contribution in [0.4, 0.5) is 0 Å². The highest BCUT2D eigenvalue weighted by Crippen LogP contribution is 2.34. The monoisotopic (exact) mass is 634 g/mol. The van der Waals surface area contributed by atoms with Crippen LogP contribution in [0.1, 0.15) is 131 Å². The molecular weight excluding hydrogens is 580 g/mol. The fourth-order valence-corrected chi connectivity index (χ4v) is 6.64. The predicted octanol–water partition coefficient (Wildman–Crippen LogP) is 8.90. The van der Waals surface area contributed by atoms with E-state index in [0.29, 0.717) is 55.6 Å². The van der Waals surface area contributed by atoms with E-state index in [0.717, 1.165) is 58.0 Å². The number of carbonyl (C=O) groups is 3. The van der Waals surface area contributed by atoms with Gasteiger partial charge in [0.05, 0.1) is 36.2 Å². The van der Waals surface area contributed by atoms with Crippen LogP contribution >= 0.6 is 0 Å². The molecule has 252 valence electrons. The Labute approximate surface area is 275 Å². The average molecular weight is 635 g/mol. The lowest BCUT2D eigenvalue weighted by Crippen LogP contribution is -2.30. The van der Waals surface area contributed by atoms with E-state index in [-0.39, 0.29) is 35.8 Å². The summed E-state index contributed by atoms with van der Waals surface area (Å²) in [6.45, 7) is 7.31. The van der Waals surface area contributed by atoms with Crippen molar-refractivity contribution in [2.45, 2.75) is 129 Å². The van der Waals surface area contributed by atoms with Crippen molar-refractivity contribution in [3.63, 3.8) is 0 Å². The second kappa shape index (κ2) is 18.8. The SMILES string of the molecule is CCCC(C)OC(=O)C1CCC(C(=O)Oc2ccc(C(=O)OCCCCCCOC3CCC(c4ccc(C)cc4)CC3)cc2)CC1. The van der Waals surface area contributed by atoms with Crippen LogP contribution in [0.2, 0.25) is 0 Å². The molecule has 2 aromatic carbocycles. The van der Waals surface area contributed by atoms with E-state index >= 15 is 0 Å². The summed E-state index contributed by atoms with van der Waals surface area (Å²) in [6, 6.07) is 15.5. The van der Waals surface area contributed by atoms with Gasteiger partial charge in [-0.25, -0.2) is 4.79 Å². The molecule has 0 N–H and O–H groups in total. The van der Waals surface area contributed by atoms with Gasteiger partial charge < -0.3 is 18.9 Å². The Bertz CT molecular complexity index is 1210. The fourth-order valence-electron chi connectivity index (χ4n) is 6.64. The Kier molecular flexibility index (Phi) is 14.6. The molecule has 1 atom stereocenters. The van der Waals surface area contributed by atoms with Gasteiger partial charge in [-0.2, -0.15) is 0 Å². The van der Waals surface area contributed by atoms with Gasteiger partial charge in [-0.05, 0) is 127 Å². The first-order chi connectivity index (χ1) is 22.3. The molecule has 2 fully saturated rings. The van der Waals surface area contributed by atoms with Gasteiger partial charge in [0.1, 0.15) is 5.75 Å². The van der Waals surface area contributed by atoms with Gasteiger partial charge in [-0.15, -0.1) is 0 Å². The van der Waals surface area contributed by atoms with Crippen LogP contribution in [-0.4, -0.2) is 43.3 Å². The maximum absolute atomic E-state index is 12.7. The molecule has 0 radical (unpaired) electrons. The number of esters is 3. The summed E-state index contributed by atoms with van der Waals surface area (Å²) in [6.07, 6.45) is 13.2. The molecule has 0 aliphatic heterocycles. The Morgan fingerprint density at radius 1 is 0.739 bits per heavy atom. The number of unbranched alkanes of at least 4 members (excludes halogenated alkanes) is 3. The third-order valence-corrected chi connectivity index (χ3v) is 9.56. The van der Waals surface area contributed by atoms with Crippen LogP contribution < -0.4 is 4.74 Å². The van der Waals surface area contributed by atoms with Gasteiger partial charge in [0.2, 0.25) is 0 Å². The third kappa shape index (κ3) is 11.6. The first kappa shape index (κ1) is 35.7. The summed E-state index contributed by atoms with van der Waals surface area (Å²) in [7, 11) is 0. The van der Waals surface area contributed by atoms with E-state index in [1.54, 1.807) is 24.3 Å². The smallest absolute Gasteiger partial charge is 0.338 e. The Hall–Kier alpha value is -3.19. The average Bonchev–Trinajstić information content (AvgIpc) is 3.07. The van der Waals surface area contributed by atoms with E-state index in [1.807, 2.05) is 6.92 Å². The van der Waals surface area contributed by atoms with E-state index in [9.17, 15) is 14.4 Å². The van der Waals surface area contributed by atoms with E-state index in [4.69, 9.17) is 18.9 Å². The standard InChI is InChI=1S/C39H54O7/c1-4-9-29(3)45-38(41)33-14-16-34(17-15-33)39(42)46-36-24-20-32(21-25-36)37(40)44-27-8-6-5-7-26-43-35-22-18-31(19-23-35)30-12-10-28(2)11-13-30/h10-13,20-21,24-25,29,31,33-35H,4-9,14-19,22-23,26-27H2,1-3H3. The number of aryl methyl sites for hydroxylation is 1. The summed E-state index contributed by atoms with van der Waals surface area (Å²) < 4.78 is 22.7. The summed E-state index contributed by atoms with van der Waals surface area (Å²) in [5.41, 5.74) is 3.21. The van der Waals surface area contributed by atoms with Crippen LogP contribution in [0.15, 0.2) is 48.5 Å². The van der Waals surface area contributed by atoms with Crippen molar-refractivity contribution >= 4 is 17.9 Å². The number of benzene rings is 2. The van der Waals surface area contributed by atoms with Crippen molar-refractivity contribution in [2.24, 2.45) is 11.8 Å². The second-order valence-corrected chi connectivity index (χ2v) is 13.3. The number of hydrogen-bond acceptors (Lipinski definition) is 7. The van der Waals surface area contributed by atoms with Crippen molar-refractivity contribution in [3.05, 3.63) is 65.2 Å². The van der Waals surface area contributed by atoms with Crippen molar-refractivity contribution in [3.8, 4) is 5.75 Å². The van der Waals surface area contributed by atoms with Gasteiger partial charge in [0.15, 0.2) is 0 Å². The molecule has 0 saturated heterocycles. The second-order valence-electron chi connectivity index (χ2n) is 13.3. The van der Waals surface area contributed by atoms with Crippen molar-refractivity contribution in [1.29, 1.82) is 0 Å². The predicted molar refractivity (Wildman–Crippen MR) is 179 cm³/mol. The van der Waals surface area contributed by atoms with E-state index in [2.05, 4.69) is 38.1 Å². The minimum atomic E-state index is -0.374. The van der Waals surface area contributed by atoms with Crippen LogP contribution in [0.3, 0.4) is 0 Å². The van der Waals surface area contributed by atoms with E-state index in [1.165, 1.54) is 24.0 Å². The molecule has 46 heavy (non-hydrogen) atoms. The molecule has 0 bridgehead atoms. The summed E-state index contributed by atoms with van der Waals surface area (Å²) >= 11 is 0. The highest BCUT2D eigenvalue weighted by atomic mass is 16.5. The molecule has 7 heteroatoms. The van der Waals surface area contributed by atoms with Gasteiger partial charge in [-0.1, -0.05) is 49.6 Å². The Morgan fingerprint density at radius 2 is 1.35 bits per heavy atom. The minimum Gasteiger partial charge on any atom is -0.462 e. The lowest BCUT2D eigenvalue weighted by atomic mass is 9.82. The van der Waals surface area contributed by atoms with Crippen LogP contribution in [-0.2, 0) is 23.8 Å². The first-order valence-electron chi connectivity index (χ1n) is 17.7. The Morgan fingerprint density at radius 3 is 1.98 bits per heavy atom. The maximum atomic E-state index is 12.7. The van der Waals surface area contributed by atoms with Crippen LogP contribution in [0.5, 0.6) is 5.75 Å². The molecule has 4 rings (SSSR count). The highest BCUT2D eigenvalue weighted by Gasteiger charge is 2.32. The first-order valence-corrected chi connectivity index (χ1v) is 17.7. The summed E-state index contributed by atoms with van der Waals surface area (Å²) in [5, 5.41) is 0. The van der Waals surface area contributed by atoms with Crippen molar-refractivity contribution < 1.29 is 33.3 Å². The topological polar surface area (TPSA) is 88.1 Å². The normalized spacial score (nSPS) is 22.1. The van der Waals surface area contributed by atoms with Gasteiger partial charge >= 0.3 is 17.9 Å². The van der Waals surface area contributed by atoms with Gasteiger partial charge in [-0.3, -0.25) is 9.59 Å². The molecule has 0 aromatic heterocycles. The molecule has 2 aliphatic carbocycles. The number of hydrogen-bond donors (Lipinski definition) is 0. The summed E-state index contributed by atoms with van der Waals surface area (Å²) in [5.74, 6) is -0.136. The van der Waals surface area contributed by atoms with Crippen LogP contribution in [0, 0.1) is 18.8 Å². The molecule has 2 saturated carbocycles. The molecule has 1 unspecified atom stereocenters. The zero-order chi connectivity index (χ0) is 32.7. The molecule has 0 amide bonds. The van der Waals surface area contributed by atoms with Crippen molar-refractivity contribution in [2.75, 3.05) is 13.2 Å². The largest absolute Gasteiger partial charge is 0.462 e. The molecule has 2 aliphatic rings. The Balaban J connectivity index is 1.02. The number of ether oxygens (including phenoxy) is 4. The maximum Gasteiger partial charge on any atom is 0.338 e. The van der Waals surface area contributed by atoms with Crippen LogP contribution in [0.25, 0.3) is 0 Å². The van der Waals surface area contributed by atoms with Crippen molar-refractivity contribution in [1.82, 2.24) is 0 Å². The molecule has 7 nitrogen and oxygen atoms in total. The third-order valence-electron chi connectivity index (χ3n) is 9.56. The molecular formula is C39H54O7. The number of rotatable bonds is 16. The zero-order valence-corrected chi connectivity index (χ0v) is 28.2. The fraction of sp³-hybridized carbons (Fsp3) is 0.615. The quantitative estimate of drug-likeness (QED) is 0.104. The lowest BCUT2D eigenvalue weighted by molar-refractivity contribution is -0.156. The molecule has 0 heterocycles. The van der Waals surface area contributed by atoms with Gasteiger partial charge in [0, 0.05) is 6.61 Å². The number of carbonyl (C=O) groups excluding carboxylic acids is 3. The minimum absolute atomic E-state index is 0.0681. The van der Waals surface area contributed by atoms with E-state index < -0.39 is 0 Å². The van der Waals surface area contributed by atoms with Gasteiger partial charge in [0.25, 0.3) is 0 Å².